The van der Waals surface area contributed by atoms with E-state index in [1.54, 1.807) is 6.92 Å². The number of hydrogen-bond acceptors (Lipinski definition) is 1. The topological polar surface area (TPSA) is 32.4 Å². The largest absolute Gasteiger partial charge is 0.370 e. The van der Waals surface area contributed by atoms with Crippen molar-refractivity contribution in [2.24, 2.45) is 0 Å². The van der Waals surface area contributed by atoms with Crippen molar-refractivity contribution >= 4 is 0 Å². The van der Waals surface area contributed by atoms with Crippen LogP contribution in [0.1, 0.15) is 26.7 Å². The van der Waals surface area contributed by atoms with Gasteiger partial charge in [0.25, 0.3) is 0 Å². The van der Waals surface area contributed by atoms with Crippen LogP contribution in [-0.4, -0.2) is 18.3 Å². The highest BCUT2D eigenvalue weighted by Gasteiger charge is 2.42. The maximum atomic E-state index is 11.3. The van der Waals surface area contributed by atoms with Crippen molar-refractivity contribution < 1.29 is 9.84 Å². The Hall–Kier alpha value is -0.0800. The molecular weight excluding hydrogens is 116 g/mol. The zero-order chi connectivity index (χ0) is 6.91. The summed E-state index contributed by atoms with van der Waals surface area (Å²) >= 11 is 0. The lowest BCUT2D eigenvalue weighted by Crippen LogP contribution is -2.29. The van der Waals surface area contributed by atoms with Gasteiger partial charge in [0, 0.05) is 0 Å². The van der Waals surface area contributed by atoms with Gasteiger partial charge in [0.1, 0.15) is 11.7 Å². The average molecular weight is 129 g/mol. The fourth-order valence-corrected chi connectivity index (χ4v) is 1.06. The maximum absolute atomic E-state index is 11.3. The van der Waals surface area contributed by atoms with Crippen LogP contribution in [0.25, 0.3) is 0 Å². The van der Waals surface area contributed by atoms with Crippen LogP contribution in [-0.2, 0) is 9.84 Å². The van der Waals surface area contributed by atoms with Crippen LogP contribution in [0.15, 0.2) is 0 Å². The molecule has 0 N–H and O–H groups in total. The molecule has 2 nitrogen and oxygen atoms in total. The summed E-state index contributed by atoms with van der Waals surface area (Å²) in [5, 5.41) is 11.3. The van der Waals surface area contributed by atoms with Crippen molar-refractivity contribution in [2.75, 3.05) is 6.61 Å². The van der Waals surface area contributed by atoms with Crippen molar-refractivity contribution in [3.8, 4) is 0 Å². The van der Waals surface area contributed by atoms with E-state index in [9.17, 15) is 5.11 Å². The third-order valence-electron chi connectivity index (χ3n) is 1.76. The van der Waals surface area contributed by atoms with Crippen molar-refractivity contribution in [1.82, 2.24) is 0 Å². The molecule has 1 saturated heterocycles. The molecule has 1 heterocycles. The van der Waals surface area contributed by atoms with Gasteiger partial charge in [-0.3, -0.25) is 0 Å². The van der Waals surface area contributed by atoms with Crippen LogP contribution in [0.5, 0.6) is 0 Å². The van der Waals surface area contributed by atoms with E-state index in [4.69, 9.17) is 4.74 Å². The molecule has 0 aromatic rings. The molecule has 0 aliphatic carbocycles. The lowest BCUT2D eigenvalue weighted by molar-refractivity contribution is -0.0424. The van der Waals surface area contributed by atoms with Gasteiger partial charge < -0.3 is 4.74 Å². The van der Waals surface area contributed by atoms with E-state index in [0.29, 0.717) is 6.61 Å². The number of rotatable bonds is 3. The summed E-state index contributed by atoms with van der Waals surface area (Å²) in [4.78, 5) is 0. The van der Waals surface area contributed by atoms with E-state index in [2.05, 4.69) is 0 Å². The average Bonchev–Trinajstić information content (AvgIpc) is 2.41. The number of epoxide rings is 1. The van der Waals surface area contributed by atoms with Gasteiger partial charge in [-0.1, -0.05) is 13.3 Å². The van der Waals surface area contributed by atoms with E-state index >= 15 is 0 Å². The van der Waals surface area contributed by atoms with Gasteiger partial charge in [-0.15, -0.1) is 0 Å². The minimum absolute atomic E-state index is 0.0115. The molecule has 2 heteroatoms. The van der Waals surface area contributed by atoms with Crippen LogP contribution >= 0.6 is 0 Å². The zero-order valence-electron chi connectivity index (χ0n) is 6.02. The molecule has 9 heavy (non-hydrogen) atoms. The molecule has 1 aliphatic heterocycles. The molecular formula is C7H13O2. The second kappa shape index (κ2) is 2.27. The molecule has 1 radical (unpaired) electrons. The molecule has 2 atom stereocenters. The first kappa shape index (κ1) is 7.03. The van der Waals surface area contributed by atoms with Gasteiger partial charge in [-0.25, -0.2) is 5.11 Å². The lowest BCUT2D eigenvalue weighted by atomic mass is 9.97. The Kier molecular flexibility index (Phi) is 1.78. The Morgan fingerprint density at radius 1 is 1.78 bits per heavy atom. The molecule has 1 fully saturated rings. The van der Waals surface area contributed by atoms with Crippen molar-refractivity contribution in [2.45, 2.75) is 38.4 Å². The summed E-state index contributed by atoms with van der Waals surface area (Å²) in [6.45, 7) is 4.44. The minimum atomic E-state index is -0.811. The van der Waals surface area contributed by atoms with Crippen molar-refractivity contribution in [1.29, 1.82) is 0 Å². The van der Waals surface area contributed by atoms with Gasteiger partial charge in [0.2, 0.25) is 0 Å². The summed E-state index contributed by atoms with van der Waals surface area (Å²) in [5.74, 6) is 0. The lowest BCUT2D eigenvalue weighted by Gasteiger charge is -2.15. The maximum Gasteiger partial charge on any atom is 0.129 e. The molecule has 0 amide bonds. The molecule has 0 spiro atoms. The van der Waals surface area contributed by atoms with E-state index in [1.807, 2.05) is 6.92 Å². The summed E-state index contributed by atoms with van der Waals surface area (Å²) in [6, 6.07) is 0. The third-order valence-corrected chi connectivity index (χ3v) is 1.76. The Morgan fingerprint density at radius 3 is 2.67 bits per heavy atom. The van der Waals surface area contributed by atoms with Crippen LogP contribution in [0.3, 0.4) is 0 Å². The molecule has 1 rings (SSSR count). The van der Waals surface area contributed by atoms with Crippen LogP contribution < -0.4 is 0 Å². The molecule has 2 unspecified atom stereocenters. The molecule has 0 saturated carbocycles. The fourth-order valence-electron chi connectivity index (χ4n) is 1.06. The Bertz CT molecular complexity index is 95.1. The van der Waals surface area contributed by atoms with Gasteiger partial charge in [0.15, 0.2) is 0 Å². The van der Waals surface area contributed by atoms with Gasteiger partial charge in [-0.05, 0) is 13.3 Å². The molecule has 0 bridgehead atoms. The number of hydrogen-bond donors (Lipinski definition) is 0. The number of ether oxygens (including phenoxy) is 1. The monoisotopic (exact) mass is 129 g/mol. The summed E-state index contributed by atoms with van der Waals surface area (Å²) in [7, 11) is 0. The van der Waals surface area contributed by atoms with E-state index in [1.165, 1.54) is 0 Å². The zero-order valence-corrected chi connectivity index (χ0v) is 6.02. The second-order valence-electron chi connectivity index (χ2n) is 2.88. The van der Waals surface area contributed by atoms with Crippen LogP contribution in [0.2, 0.25) is 0 Å². The predicted molar refractivity (Wildman–Crippen MR) is 33.7 cm³/mol. The Labute approximate surface area is 55.8 Å². The van der Waals surface area contributed by atoms with Crippen molar-refractivity contribution in [3.63, 3.8) is 0 Å². The Balaban J connectivity index is 2.30. The highest BCUT2D eigenvalue weighted by Crippen LogP contribution is 2.28. The van der Waals surface area contributed by atoms with Gasteiger partial charge >= 0.3 is 0 Å². The molecule has 53 valence electrons. The molecule has 0 aromatic heterocycles. The first-order chi connectivity index (χ1) is 4.17. The first-order valence-electron chi connectivity index (χ1n) is 3.49. The normalized spacial score (nSPS) is 31.7. The molecule has 0 aromatic carbocycles. The predicted octanol–water partition coefficient (Wildman–Crippen LogP) is 1.37. The molecule has 1 aliphatic rings. The van der Waals surface area contributed by atoms with E-state index in [-0.39, 0.29) is 6.10 Å². The minimum Gasteiger partial charge on any atom is -0.370 e. The van der Waals surface area contributed by atoms with Crippen LogP contribution in [0, 0.1) is 0 Å². The third kappa shape index (κ3) is 1.66. The quantitative estimate of drug-likeness (QED) is 0.530. The highest BCUT2D eigenvalue weighted by molar-refractivity contribution is 4.89. The SMILES string of the molecule is CCCC(C)([O])C1CO1. The summed E-state index contributed by atoms with van der Waals surface area (Å²) < 4.78 is 4.91. The van der Waals surface area contributed by atoms with Gasteiger partial charge in [-0.2, -0.15) is 0 Å². The Morgan fingerprint density at radius 2 is 2.33 bits per heavy atom. The van der Waals surface area contributed by atoms with E-state index < -0.39 is 5.60 Å². The standard InChI is InChI=1S/C7H13O2/c1-3-4-7(2,8)6-5-9-6/h6H,3-5H2,1-2H3. The summed E-state index contributed by atoms with van der Waals surface area (Å²) in [6.07, 6.45) is 1.70. The fraction of sp³-hybridized carbons (Fsp3) is 1.00. The van der Waals surface area contributed by atoms with Crippen LogP contribution in [0.4, 0.5) is 0 Å². The van der Waals surface area contributed by atoms with E-state index in [0.717, 1.165) is 12.8 Å². The second-order valence-corrected chi connectivity index (χ2v) is 2.88. The first-order valence-corrected chi connectivity index (χ1v) is 3.49. The summed E-state index contributed by atoms with van der Waals surface area (Å²) in [5.41, 5.74) is -0.811. The highest BCUT2D eigenvalue weighted by atomic mass is 16.6. The van der Waals surface area contributed by atoms with Crippen molar-refractivity contribution in [3.05, 3.63) is 0 Å². The van der Waals surface area contributed by atoms with Gasteiger partial charge in [0.05, 0.1) is 6.61 Å². The smallest absolute Gasteiger partial charge is 0.129 e.